The molecule has 0 aromatic carbocycles. The highest BCUT2D eigenvalue weighted by Crippen LogP contribution is 2.23. The second kappa shape index (κ2) is 5.94. The fourth-order valence-corrected chi connectivity index (χ4v) is 1.85. The number of nitrogens with zero attached hydrogens (tertiary/aromatic N) is 1. The number of nitrogens with one attached hydrogen (secondary N) is 1. The number of anilines is 2. The Kier molecular flexibility index (Phi) is 4.87. The number of hydrogen-bond donors (Lipinski definition) is 2. The SMILES string of the molecule is CCC(C)CC(C)Nc1ncc(N)cc1Cl. The van der Waals surface area contributed by atoms with Crippen LogP contribution >= 0.6 is 11.6 Å². The van der Waals surface area contributed by atoms with Crippen LogP contribution in [-0.4, -0.2) is 11.0 Å². The summed E-state index contributed by atoms with van der Waals surface area (Å²) in [7, 11) is 0. The molecule has 1 rings (SSSR count). The van der Waals surface area contributed by atoms with Crippen LogP contribution in [0.4, 0.5) is 11.5 Å². The first kappa shape index (κ1) is 13.1. The van der Waals surface area contributed by atoms with E-state index in [2.05, 4.69) is 31.1 Å². The quantitative estimate of drug-likeness (QED) is 0.829. The third kappa shape index (κ3) is 3.89. The number of rotatable bonds is 5. The molecule has 0 aliphatic carbocycles. The van der Waals surface area contributed by atoms with Gasteiger partial charge >= 0.3 is 0 Å². The lowest BCUT2D eigenvalue weighted by Crippen LogP contribution is -2.19. The Balaban J connectivity index is 2.59. The Morgan fingerprint density at radius 2 is 2.19 bits per heavy atom. The van der Waals surface area contributed by atoms with Crippen molar-refractivity contribution in [2.75, 3.05) is 11.1 Å². The summed E-state index contributed by atoms with van der Waals surface area (Å²) in [5.41, 5.74) is 6.17. The van der Waals surface area contributed by atoms with Crippen molar-refractivity contribution in [3.05, 3.63) is 17.3 Å². The van der Waals surface area contributed by atoms with E-state index in [0.29, 0.717) is 28.5 Å². The lowest BCUT2D eigenvalue weighted by Gasteiger charge is -2.18. The van der Waals surface area contributed by atoms with Crippen molar-refractivity contribution in [2.24, 2.45) is 5.92 Å². The fourth-order valence-electron chi connectivity index (χ4n) is 1.62. The van der Waals surface area contributed by atoms with Crippen LogP contribution in [0.2, 0.25) is 5.02 Å². The largest absolute Gasteiger partial charge is 0.397 e. The van der Waals surface area contributed by atoms with Crippen molar-refractivity contribution in [2.45, 2.75) is 39.7 Å². The predicted octanol–water partition coefficient (Wildman–Crippen LogP) is 3.55. The number of hydrogen-bond acceptors (Lipinski definition) is 3. The maximum Gasteiger partial charge on any atom is 0.145 e. The maximum absolute atomic E-state index is 6.04. The lowest BCUT2D eigenvalue weighted by molar-refractivity contribution is 0.483. The van der Waals surface area contributed by atoms with Gasteiger partial charge in [0.2, 0.25) is 0 Å². The zero-order valence-electron chi connectivity index (χ0n) is 10.1. The van der Waals surface area contributed by atoms with Crippen LogP contribution in [0.3, 0.4) is 0 Å². The van der Waals surface area contributed by atoms with Gasteiger partial charge in [-0.25, -0.2) is 4.98 Å². The molecule has 4 heteroatoms. The summed E-state index contributed by atoms with van der Waals surface area (Å²) >= 11 is 6.04. The van der Waals surface area contributed by atoms with Crippen LogP contribution in [0.1, 0.15) is 33.6 Å². The van der Waals surface area contributed by atoms with Gasteiger partial charge < -0.3 is 11.1 Å². The lowest BCUT2D eigenvalue weighted by atomic mass is 10.0. The van der Waals surface area contributed by atoms with Crippen molar-refractivity contribution in [3.63, 3.8) is 0 Å². The number of pyridine rings is 1. The molecule has 16 heavy (non-hydrogen) atoms. The van der Waals surface area contributed by atoms with Crippen LogP contribution in [0.15, 0.2) is 12.3 Å². The number of nitrogens with two attached hydrogens (primary N) is 1. The molecule has 0 aliphatic heterocycles. The summed E-state index contributed by atoms with van der Waals surface area (Å²) in [5.74, 6) is 1.42. The summed E-state index contributed by atoms with van der Waals surface area (Å²) in [4.78, 5) is 4.18. The average Bonchev–Trinajstić information content (AvgIpc) is 2.22. The van der Waals surface area contributed by atoms with Gasteiger partial charge in [-0.15, -0.1) is 0 Å². The van der Waals surface area contributed by atoms with Gasteiger partial charge in [-0.2, -0.15) is 0 Å². The Bertz CT molecular complexity index is 341. The maximum atomic E-state index is 6.04. The number of halogens is 1. The van der Waals surface area contributed by atoms with E-state index in [4.69, 9.17) is 17.3 Å². The molecule has 0 saturated carbocycles. The summed E-state index contributed by atoms with van der Waals surface area (Å²) < 4.78 is 0. The minimum atomic E-state index is 0.364. The molecule has 0 amide bonds. The molecule has 0 fully saturated rings. The molecule has 2 unspecified atom stereocenters. The van der Waals surface area contributed by atoms with E-state index in [0.717, 1.165) is 6.42 Å². The van der Waals surface area contributed by atoms with Gasteiger partial charge in [-0.3, -0.25) is 0 Å². The van der Waals surface area contributed by atoms with Crippen molar-refractivity contribution in [1.29, 1.82) is 0 Å². The second-order valence-electron chi connectivity index (χ2n) is 4.39. The van der Waals surface area contributed by atoms with Gasteiger partial charge in [0.15, 0.2) is 0 Å². The van der Waals surface area contributed by atoms with Crippen LogP contribution in [-0.2, 0) is 0 Å². The molecule has 0 bridgehead atoms. The van der Waals surface area contributed by atoms with E-state index in [1.54, 1.807) is 12.3 Å². The third-order valence-electron chi connectivity index (χ3n) is 2.70. The highest BCUT2D eigenvalue weighted by atomic mass is 35.5. The first-order chi connectivity index (χ1) is 7.52. The molecule has 3 N–H and O–H groups in total. The highest BCUT2D eigenvalue weighted by Gasteiger charge is 2.09. The van der Waals surface area contributed by atoms with Crippen molar-refractivity contribution in [1.82, 2.24) is 4.98 Å². The van der Waals surface area contributed by atoms with E-state index >= 15 is 0 Å². The summed E-state index contributed by atoms with van der Waals surface area (Å²) in [6.07, 6.45) is 3.91. The van der Waals surface area contributed by atoms with Gasteiger partial charge in [0.1, 0.15) is 5.82 Å². The van der Waals surface area contributed by atoms with E-state index in [1.807, 2.05) is 0 Å². The van der Waals surface area contributed by atoms with E-state index < -0.39 is 0 Å². The van der Waals surface area contributed by atoms with Crippen molar-refractivity contribution >= 4 is 23.1 Å². The summed E-state index contributed by atoms with van der Waals surface area (Å²) in [5, 5.41) is 3.88. The monoisotopic (exact) mass is 241 g/mol. The zero-order chi connectivity index (χ0) is 12.1. The van der Waals surface area contributed by atoms with E-state index in [1.165, 1.54) is 6.42 Å². The fraction of sp³-hybridized carbons (Fsp3) is 0.583. The molecule has 2 atom stereocenters. The van der Waals surface area contributed by atoms with Crippen molar-refractivity contribution < 1.29 is 0 Å². The van der Waals surface area contributed by atoms with Crippen molar-refractivity contribution in [3.8, 4) is 0 Å². The first-order valence-corrected chi connectivity index (χ1v) is 6.08. The molecule has 1 aromatic heterocycles. The zero-order valence-corrected chi connectivity index (χ0v) is 10.9. The van der Waals surface area contributed by atoms with Gasteiger partial charge in [0, 0.05) is 6.04 Å². The smallest absolute Gasteiger partial charge is 0.145 e. The van der Waals surface area contributed by atoms with Gasteiger partial charge in [0.05, 0.1) is 16.9 Å². The third-order valence-corrected chi connectivity index (χ3v) is 2.99. The molecular weight excluding hydrogens is 222 g/mol. The van der Waals surface area contributed by atoms with Crippen LogP contribution in [0.25, 0.3) is 0 Å². The number of aromatic nitrogens is 1. The standard InChI is InChI=1S/C12H20ClN3/c1-4-8(2)5-9(3)16-12-11(13)6-10(14)7-15-12/h6-9H,4-5,14H2,1-3H3,(H,15,16). The van der Waals surface area contributed by atoms with Crippen LogP contribution in [0, 0.1) is 5.92 Å². The molecule has 0 radical (unpaired) electrons. The molecule has 1 aromatic rings. The topological polar surface area (TPSA) is 50.9 Å². The molecule has 3 nitrogen and oxygen atoms in total. The van der Waals surface area contributed by atoms with E-state index in [9.17, 15) is 0 Å². The summed E-state index contributed by atoms with van der Waals surface area (Å²) in [6.45, 7) is 6.59. The average molecular weight is 242 g/mol. The molecule has 0 aliphatic rings. The first-order valence-electron chi connectivity index (χ1n) is 5.70. The second-order valence-corrected chi connectivity index (χ2v) is 4.80. The summed E-state index contributed by atoms with van der Waals surface area (Å²) in [6, 6.07) is 2.08. The van der Waals surface area contributed by atoms with Gasteiger partial charge in [0.25, 0.3) is 0 Å². The predicted molar refractivity (Wildman–Crippen MR) is 70.8 cm³/mol. The minimum Gasteiger partial charge on any atom is -0.397 e. The number of nitrogen functional groups attached to an aromatic ring is 1. The normalized spacial score (nSPS) is 14.5. The minimum absolute atomic E-state index is 0.364. The molecule has 0 spiro atoms. The van der Waals surface area contributed by atoms with Gasteiger partial charge in [-0.1, -0.05) is 31.9 Å². The molecular formula is C12H20ClN3. The van der Waals surface area contributed by atoms with Gasteiger partial charge in [-0.05, 0) is 25.3 Å². The van der Waals surface area contributed by atoms with E-state index in [-0.39, 0.29) is 0 Å². The van der Waals surface area contributed by atoms with Crippen LogP contribution in [0.5, 0.6) is 0 Å². The Morgan fingerprint density at radius 3 is 2.75 bits per heavy atom. The Morgan fingerprint density at radius 1 is 1.50 bits per heavy atom. The molecule has 1 heterocycles. The Labute approximate surface area is 102 Å². The molecule has 0 saturated heterocycles. The highest BCUT2D eigenvalue weighted by molar-refractivity contribution is 6.33. The van der Waals surface area contributed by atoms with Crippen LogP contribution < -0.4 is 11.1 Å². The molecule has 90 valence electrons. The Hall–Kier alpha value is -0.960.